The van der Waals surface area contributed by atoms with Crippen LogP contribution >= 0.6 is 15.9 Å². The summed E-state index contributed by atoms with van der Waals surface area (Å²) in [6.45, 7) is 0.203. The molecule has 0 atom stereocenters. The maximum absolute atomic E-state index is 11.0. The third-order valence-corrected chi connectivity index (χ3v) is 2.62. The van der Waals surface area contributed by atoms with Crippen LogP contribution in [-0.2, 0) is 6.61 Å². The molecule has 1 aromatic heterocycles. The van der Waals surface area contributed by atoms with E-state index in [1.165, 1.54) is 6.07 Å². The Kier molecular flexibility index (Phi) is 3.49. The molecule has 0 radical (unpaired) electrons. The number of aromatic carboxylic acids is 1. The number of carboxylic acid groups (broad SMARTS) is 1. The van der Waals surface area contributed by atoms with Crippen LogP contribution in [0.5, 0.6) is 5.75 Å². The molecule has 1 aromatic carbocycles. The SMILES string of the molecule is O=C(O)c1cc(Br)ccc1OCc1ccco1. The molecule has 0 fully saturated rings. The molecule has 2 aromatic rings. The largest absolute Gasteiger partial charge is 0.485 e. The van der Waals surface area contributed by atoms with Crippen molar-refractivity contribution in [2.24, 2.45) is 0 Å². The van der Waals surface area contributed by atoms with Gasteiger partial charge in [-0.1, -0.05) is 15.9 Å². The summed E-state index contributed by atoms with van der Waals surface area (Å²) in [5.74, 6) is -0.0675. The molecule has 0 amide bonds. The molecule has 88 valence electrons. The van der Waals surface area contributed by atoms with Gasteiger partial charge < -0.3 is 14.3 Å². The first-order valence-electron chi connectivity index (χ1n) is 4.85. The summed E-state index contributed by atoms with van der Waals surface area (Å²) in [5.41, 5.74) is 0.117. The summed E-state index contributed by atoms with van der Waals surface area (Å²) in [4.78, 5) is 11.0. The van der Waals surface area contributed by atoms with E-state index < -0.39 is 5.97 Å². The van der Waals surface area contributed by atoms with Gasteiger partial charge in [-0.25, -0.2) is 4.79 Å². The fraction of sp³-hybridized carbons (Fsp3) is 0.0833. The lowest BCUT2D eigenvalue weighted by atomic mass is 10.2. The molecule has 0 aliphatic carbocycles. The molecule has 0 spiro atoms. The number of furan rings is 1. The lowest BCUT2D eigenvalue weighted by Gasteiger charge is -2.07. The van der Waals surface area contributed by atoms with Crippen LogP contribution in [0.1, 0.15) is 16.1 Å². The average Bonchev–Trinajstić information content (AvgIpc) is 2.80. The molecule has 0 saturated heterocycles. The summed E-state index contributed by atoms with van der Waals surface area (Å²) in [6, 6.07) is 8.35. The molecule has 0 unspecified atom stereocenters. The second kappa shape index (κ2) is 5.05. The molecule has 1 heterocycles. The molecule has 0 bridgehead atoms. The van der Waals surface area contributed by atoms with Gasteiger partial charge in [0.2, 0.25) is 0 Å². The Morgan fingerprint density at radius 1 is 1.41 bits per heavy atom. The maximum Gasteiger partial charge on any atom is 0.339 e. The van der Waals surface area contributed by atoms with Crippen LogP contribution in [-0.4, -0.2) is 11.1 Å². The fourth-order valence-electron chi connectivity index (χ4n) is 1.34. The molecule has 1 N–H and O–H groups in total. The predicted molar refractivity (Wildman–Crippen MR) is 64.1 cm³/mol. The number of carboxylic acids is 1. The predicted octanol–water partition coefficient (Wildman–Crippen LogP) is 3.32. The Morgan fingerprint density at radius 2 is 2.24 bits per heavy atom. The lowest BCUT2D eigenvalue weighted by molar-refractivity contribution is 0.0691. The van der Waals surface area contributed by atoms with Crippen molar-refractivity contribution in [3.63, 3.8) is 0 Å². The van der Waals surface area contributed by atoms with Crippen molar-refractivity contribution in [3.05, 3.63) is 52.4 Å². The molecule has 5 heteroatoms. The maximum atomic E-state index is 11.0. The van der Waals surface area contributed by atoms with Crippen LogP contribution in [0.2, 0.25) is 0 Å². The van der Waals surface area contributed by atoms with Crippen molar-refractivity contribution in [1.29, 1.82) is 0 Å². The minimum absolute atomic E-state index is 0.117. The number of hydrogen-bond acceptors (Lipinski definition) is 3. The Morgan fingerprint density at radius 3 is 2.88 bits per heavy atom. The quantitative estimate of drug-likeness (QED) is 0.940. The Labute approximate surface area is 106 Å². The third kappa shape index (κ3) is 2.88. The van der Waals surface area contributed by atoms with Gasteiger partial charge in [0.15, 0.2) is 0 Å². The topological polar surface area (TPSA) is 59.7 Å². The van der Waals surface area contributed by atoms with E-state index in [-0.39, 0.29) is 12.2 Å². The molecule has 0 saturated carbocycles. The number of halogens is 1. The summed E-state index contributed by atoms with van der Waals surface area (Å²) in [5, 5.41) is 9.02. The van der Waals surface area contributed by atoms with Gasteiger partial charge in [0.25, 0.3) is 0 Å². The van der Waals surface area contributed by atoms with Crippen molar-refractivity contribution < 1.29 is 19.1 Å². The van der Waals surface area contributed by atoms with Gasteiger partial charge in [-0.2, -0.15) is 0 Å². The first-order valence-corrected chi connectivity index (χ1v) is 5.64. The zero-order chi connectivity index (χ0) is 12.3. The zero-order valence-electron chi connectivity index (χ0n) is 8.72. The second-order valence-corrected chi connectivity index (χ2v) is 4.23. The monoisotopic (exact) mass is 296 g/mol. The van der Waals surface area contributed by atoms with E-state index in [9.17, 15) is 4.79 Å². The highest BCUT2D eigenvalue weighted by Crippen LogP contribution is 2.24. The van der Waals surface area contributed by atoms with E-state index in [2.05, 4.69) is 15.9 Å². The standard InChI is InChI=1S/C12H9BrO4/c13-8-3-4-11(10(6-8)12(14)15)17-7-9-2-1-5-16-9/h1-6H,7H2,(H,14,15). The van der Waals surface area contributed by atoms with Gasteiger partial charge in [0, 0.05) is 4.47 Å². The minimum atomic E-state index is -1.03. The van der Waals surface area contributed by atoms with Crippen molar-refractivity contribution in [1.82, 2.24) is 0 Å². The van der Waals surface area contributed by atoms with Gasteiger partial charge >= 0.3 is 5.97 Å². The highest BCUT2D eigenvalue weighted by Gasteiger charge is 2.12. The molecule has 2 rings (SSSR count). The zero-order valence-corrected chi connectivity index (χ0v) is 10.3. The van der Waals surface area contributed by atoms with E-state index in [0.29, 0.717) is 16.0 Å². The van der Waals surface area contributed by atoms with Crippen LogP contribution < -0.4 is 4.74 Å². The Balaban J connectivity index is 2.17. The highest BCUT2D eigenvalue weighted by atomic mass is 79.9. The van der Waals surface area contributed by atoms with Crippen molar-refractivity contribution in [3.8, 4) is 5.75 Å². The van der Waals surface area contributed by atoms with Crippen molar-refractivity contribution in [2.45, 2.75) is 6.61 Å². The van der Waals surface area contributed by atoms with E-state index in [0.717, 1.165) is 0 Å². The van der Waals surface area contributed by atoms with Crippen LogP contribution in [0.4, 0.5) is 0 Å². The van der Waals surface area contributed by atoms with E-state index in [1.54, 1.807) is 30.5 Å². The van der Waals surface area contributed by atoms with Crippen molar-refractivity contribution in [2.75, 3.05) is 0 Å². The van der Waals surface area contributed by atoms with Crippen LogP contribution in [0.15, 0.2) is 45.5 Å². The summed E-state index contributed by atoms with van der Waals surface area (Å²) < 4.78 is 11.2. The number of benzene rings is 1. The van der Waals surface area contributed by atoms with Crippen LogP contribution in [0.3, 0.4) is 0 Å². The van der Waals surface area contributed by atoms with Gasteiger partial charge in [0.05, 0.1) is 6.26 Å². The number of hydrogen-bond donors (Lipinski definition) is 1. The first kappa shape index (κ1) is 11.7. The van der Waals surface area contributed by atoms with Crippen LogP contribution in [0, 0.1) is 0 Å². The Hall–Kier alpha value is -1.75. The number of ether oxygens (including phenoxy) is 1. The van der Waals surface area contributed by atoms with Gasteiger partial charge in [-0.15, -0.1) is 0 Å². The summed E-state index contributed by atoms with van der Waals surface area (Å²) in [7, 11) is 0. The normalized spacial score (nSPS) is 10.2. The molecular weight excluding hydrogens is 288 g/mol. The van der Waals surface area contributed by atoms with E-state index >= 15 is 0 Å². The van der Waals surface area contributed by atoms with E-state index in [4.69, 9.17) is 14.3 Å². The average molecular weight is 297 g/mol. The number of rotatable bonds is 4. The van der Waals surface area contributed by atoms with Gasteiger partial charge in [-0.3, -0.25) is 0 Å². The fourth-order valence-corrected chi connectivity index (χ4v) is 1.70. The molecule has 0 aliphatic rings. The molecule has 17 heavy (non-hydrogen) atoms. The molecular formula is C12H9BrO4. The van der Waals surface area contributed by atoms with Gasteiger partial charge in [0.1, 0.15) is 23.7 Å². The summed E-state index contributed by atoms with van der Waals surface area (Å²) in [6.07, 6.45) is 1.54. The third-order valence-electron chi connectivity index (χ3n) is 2.12. The first-order chi connectivity index (χ1) is 8.16. The highest BCUT2D eigenvalue weighted by molar-refractivity contribution is 9.10. The number of carbonyl (C=O) groups is 1. The van der Waals surface area contributed by atoms with Crippen LogP contribution in [0.25, 0.3) is 0 Å². The molecule has 0 aliphatic heterocycles. The lowest BCUT2D eigenvalue weighted by Crippen LogP contribution is -2.03. The molecule has 4 nitrogen and oxygen atoms in total. The summed E-state index contributed by atoms with van der Waals surface area (Å²) >= 11 is 3.22. The second-order valence-electron chi connectivity index (χ2n) is 3.31. The smallest absolute Gasteiger partial charge is 0.339 e. The van der Waals surface area contributed by atoms with Crippen molar-refractivity contribution >= 4 is 21.9 Å². The Bertz CT molecular complexity index is 519. The van der Waals surface area contributed by atoms with E-state index in [1.807, 2.05) is 0 Å². The van der Waals surface area contributed by atoms with Gasteiger partial charge in [-0.05, 0) is 30.3 Å². The minimum Gasteiger partial charge on any atom is -0.485 e.